The molecule has 0 fully saturated rings. The van der Waals surface area contributed by atoms with Gasteiger partial charge in [0.15, 0.2) is 11.5 Å². The Bertz CT molecular complexity index is 1370. The topological polar surface area (TPSA) is 160 Å². The fourth-order valence-electron chi connectivity index (χ4n) is 3.20. The van der Waals surface area contributed by atoms with Crippen molar-refractivity contribution in [3.05, 3.63) is 76.7 Å². The fraction of sp³-hybridized carbons (Fsp3) is 0.192. The number of ether oxygens (including phenoxy) is 2. The molecule has 2 aromatic carbocycles. The van der Waals surface area contributed by atoms with E-state index in [4.69, 9.17) is 25.5 Å². The Kier molecular flexibility index (Phi) is 10.5. The first kappa shape index (κ1) is 28.7. The fourth-order valence-corrected chi connectivity index (χ4v) is 3.39. The van der Waals surface area contributed by atoms with Gasteiger partial charge in [0.05, 0.1) is 27.0 Å². The van der Waals surface area contributed by atoms with E-state index in [0.29, 0.717) is 34.4 Å². The molecule has 0 atom stereocenters. The highest BCUT2D eigenvalue weighted by Gasteiger charge is 2.15. The number of nitrogens with zero attached hydrogens (tertiary/aromatic N) is 1. The number of carbonyl (C=O) groups excluding carboxylic acids is 4. The van der Waals surface area contributed by atoms with Gasteiger partial charge < -0.3 is 29.8 Å². The van der Waals surface area contributed by atoms with Crippen molar-refractivity contribution in [2.24, 2.45) is 5.10 Å². The van der Waals surface area contributed by atoms with E-state index in [1.54, 1.807) is 36.4 Å². The third-order valence-electron chi connectivity index (χ3n) is 5.11. The summed E-state index contributed by atoms with van der Waals surface area (Å²) in [5, 5.41) is 11.5. The molecule has 13 heteroatoms. The summed E-state index contributed by atoms with van der Waals surface area (Å²) in [6.45, 7) is 0.153. The van der Waals surface area contributed by atoms with Crippen LogP contribution in [0.1, 0.15) is 17.1 Å². The molecule has 12 nitrogen and oxygen atoms in total. The predicted molar refractivity (Wildman–Crippen MR) is 143 cm³/mol. The third-order valence-corrected chi connectivity index (χ3v) is 5.34. The SMILES string of the molecule is COc1ccc(CCNC(=O)C(=O)N/N=C/c2ccc(CNC(=O)C(=O)Nc3cccc(Cl)c3)o2)cc1OC. The van der Waals surface area contributed by atoms with Gasteiger partial charge in [0.1, 0.15) is 11.5 Å². The maximum Gasteiger partial charge on any atom is 0.329 e. The zero-order valence-corrected chi connectivity index (χ0v) is 21.8. The number of carbonyl (C=O) groups is 4. The van der Waals surface area contributed by atoms with Crippen LogP contribution in [0.25, 0.3) is 0 Å². The van der Waals surface area contributed by atoms with Crippen molar-refractivity contribution < 1.29 is 33.1 Å². The summed E-state index contributed by atoms with van der Waals surface area (Å²) in [5.41, 5.74) is 3.37. The minimum atomic E-state index is -0.955. The summed E-state index contributed by atoms with van der Waals surface area (Å²) < 4.78 is 15.9. The van der Waals surface area contributed by atoms with Crippen molar-refractivity contribution in [2.75, 3.05) is 26.1 Å². The summed E-state index contributed by atoms with van der Waals surface area (Å²) in [4.78, 5) is 48.0. The van der Waals surface area contributed by atoms with Crippen molar-refractivity contribution in [3.63, 3.8) is 0 Å². The maximum atomic E-state index is 12.0. The molecule has 0 spiro atoms. The normalized spacial score (nSPS) is 10.5. The number of hydrazone groups is 1. The summed E-state index contributed by atoms with van der Waals surface area (Å²) in [7, 11) is 3.07. The Balaban J connectivity index is 1.38. The first-order valence-electron chi connectivity index (χ1n) is 11.5. The van der Waals surface area contributed by atoms with Gasteiger partial charge in [0.25, 0.3) is 0 Å². The number of halogens is 1. The lowest BCUT2D eigenvalue weighted by molar-refractivity contribution is -0.139. The average Bonchev–Trinajstić information content (AvgIpc) is 3.39. The van der Waals surface area contributed by atoms with Gasteiger partial charge >= 0.3 is 23.6 Å². The van der Waals surface area contributed by atoms with Crippen LogP contribution in [0.3, 0.4) is 0 Å². The molecular formula is C26H26ClN5O7. The number of hydrogen-bond donors (Lipinski definition) is 4. The molecule has 4 N–H and O–H groups in total. The number of rotatable bonds is 10. The molecule has 1 aromatic heterocycles. The van der Waals surface area contributed by atoms with Crippen LogP contribution >= 0.6 is 11.6 Å². The number of nitrogens with one attached hydrogen (secondary N) is 4. The van der Waals surface area contributed by atoms with Gasteiger partial charge in [-0.2, -0.15) is 5.10 Å². The Morgan fingerprint density at radius 2 is 1.67 bits per heavy atom. The van der Waals surface area contributed by atoms with Crippen LogP contribution in [-0.4, -0.2) is 50.6 Å². The lowest BCUT2D eigenvalue weighted by Gasteiger charge is -2.09. The van der Waals surface area contributed by atoms with E-state index in [0.717, 1.165) is 5.56 Å². The molecular weight excluding hydrogens is 530 g/mol. The molecule has 0 radical (unpaired) electrons. The van der Waals surface area contributed by atoms with Gasteiger partial charge in [-0.25, -0.2) is 5.43 Å². The van der Waals surface area contributed by atoms with E-state index in [9.17, 15) is 19.2 Å². The van der Waals surface area contributed by atoms with Crippen LogP contribution in [0.4, 0.5) is 5.69 Å². The zero-order valence-electron chi connectivity index (χ0n) is 21.1. The quantitative estimate of drug-likeness (QED) is 0.169. The molecule has 0 aliphatic carbocycles. The molecule has 39 heavy (non-hydrogen) atoms. The van der Waals surface area contributed by atoms with E-state index in [-0.39, 0.29) is 18.8 Å². The molecule has 0 unspecified atom stereocenters. The molecule has 3 rings (SSSR count). The monoisotopic (exact) mass is 555 g/mol. The van der Waals surface area contributed by atoms with E-state index < -0.39 is 23.6 Å². The first-order valence-corrected chi connectivity index (χ1v) is 11.9. The maximum absolute atomic E-state index is 12.0. The smallest absolute Gasteiger partial charge is 0.329 e. The van der Waals surface area contributed by atoms with Gasteiger partial charge in [0, 0.05) is 17.3 Å². The second-order valence-electron chi connectivity index (χ2n) is 7.85. The molecule has 0 aliphatic rings. The van der Waals surface area contributed by atoms with Crippen LogP contribution in [0, 0.1) is 0 Å². The summed E-state index contributed by atoms with van der Waals surface area (Å²) in [6.07, 6.45) is 1.66. The Morgan fingerprint density at radius 1 is 0.897 bits per heavy atom. The zero-order chi connectivity index (χ0) is 28.2. The first-order chi connectivity index (χ1) is 18.8. The van der Waals surface area contributed by atoms with Gasteiger partial charge in [-0.15, -0.1) is 0 Å². The van der Waals surface area contributed by atoms with E-state index in [2.05, 4.69) is 26.5 Å². The summed E-state index contributed by atoms with van der Waals surface area (Å²) >= 11 is 5.85. The Morgan fingerprint density at radius 3 is 2.41 bits per heavy atom. The van der Waals surface area contributed by atoms with Crippen LogP contribution < -0.4 is 30.8 Å². The van der Waals surface area contributed by atoms with Gasteiger partial charge in [-0.1, -0.05) is 23.7 Å². The van der Waals surface area contributed by atoms with Crippen LogP contribution in [0.2, 0.25) is 5.02 Å². The molecule has 0 saturated heterocycles. The van der Waals surface area contributed by atoms with E-state index in [1.807, 2.05) is 6.07 Å². The van der Waals surface area contributed by atoms with Crippen LogP contribution in [0.15, 0.2) is 64.1 Å². The van der Waals surface area contributed by atoms with Crippen molar-refractivity contribution in [2.45, 2.75) is 13.0 Å². The lowest BCUT2D eigenvalue weighted by atomic mass is 10.1. The lowest BCUT2D eigenvalue weighted by Crippen LogP contribution is -2.38. The van der Waals surface area contributed by atoms with Crippen molar-refractivity contribution >= 4 is 47.1 Å². The highest BCUT2D eigenvalue weighted by molar-refractivity contribution is 6.39. The highest BCUT2D eigenvalue weighted by atomic mass is 35.5. The second kappa shape index (κ2) is 14.2. The van der Waals surface area contributed by atoms with Gasteiger partial charge in [-0.3, -0.25) is 19.2 Å². The number of hydrogen-bond acceptors (Lipinski definition) is 8. The standard InChI is InChI=1S/C26H26ClN5O7/c1-37-21-9-6-16(12-22(21)38-2)10-11-28-24(34)26(36)32-30-15-20-8-7-19(39-20)14-29-23(33)25(35)31-18-5-3-4-17(27)13-18/h3-9,12-13,15H,10-11,14H2,1-2H3,(H,28,34)(H,29,33)(H,31,35)(H,32,36)/b30-15+. The third kappa shape index (κ3) is 8.90. The number of amides is 4. The molecule has 4 amide bonds. The summed E-state index contributed by atoms with van der Waals surface area (Å²) in [5.74, 6) is -1.81. The molecule has 3 aromatic rings. The van der Waals surface area contributed by atoms with Crippen molar-refractivity contribution in [1.82, 2.24) is 16.1 Å². The minimum Gasteiger partial charge on any atom is -0.493 e. The number of anilines is 1. The highest BCUT2D eigenvalue weighted by Crippen LogP contribution is 2.27. The largest absolute Gasteiger partial charge is 0.493 e. The van der Waals surface area contributed by atoms with E-state index >= 15 is 0 Å². The second-order valence-corrected chi connectivity index (χ2v) is 8.28. The number of furan rings is 1. The Hall–Kier alpha value is -4.84. The minimum absolute atomic E-state index is 0.0650. The average molecular weight is 556 g/mol. The van der Waals surface area contributed by atoms with Gasteiger partial charge in [0.2, 0.25) is 0 Å². The molecule has 0 aliphatic heterocycles. The van der Waals surface area contributed by atoms with Gasteiger partial charge in [-0.05, 0) is 54.4 Å². The van der Waals surface area contributed by atoms with Crippen LogP contribution in [0.5, 0.6) is 11.5 Å². The predicted octanol–water partition coefficient (Wildman–Crippen LogP) is 2.01. The molecule has 1 heterocycles. The Labute approximate surface area is 228 Å². The summed E-state index contributed by atoms with van der Waals surface area (Å²) in [6, 6.07) is 14.8. The number of benzene rings is 2. The number of methoxy groups -OCH3 is 2. The molecule has 204 valence electrons. The van der Waals surface area contributed by atoms with E-state index in [1.165, 1.54) is 32.6 Å². The van der Waals surface area contributed by atoms with Crippen molar-refractivity contribution in [1.29, 1.82) is 0 Å². The van der Waals surface area contributed by atoms with Crippen molar-refractivity contribution in [3.8, 4) is 11.5 Å². The molecule has 0 bridgehead atoms. The van der Waals surface area contributed by atoms with Crippen LogP contribution in [-0.2, 0) is 32.1 Å². The molecule has 0 saturated carbocycles.